The summed E-state index contributed by atoms with van der Waals surface area (Å²) in [7, 11) is 0. The van der Waals surface area contributed by atoms with Crippen LogP contribution in [-0.2, 0) is 0 Å². The molecule has 230 valence electrons. The van der Waals surface area contributed by atoms with Gasteiger partial charge in [-0.3, -0.25) is 0 Å². The Balaban J connectivity index is 1.07. The van der Waals surface area contributed by atoms with E-state index in [1.165, 1.54) is 47.5 Å². The summed E-state index contributed by atoms with van der Waals surface area (Å²) in [6, 6.07) is 63.1. The van der Waals surface area contributed by atoms with E-state index in [9.17, 15) is 0 Å². The predicted octanol–water partition coefficient (Wildman–Crippen LogP) is 13.9. The molecule has 0 spiro atoms. The number of furan rings is 1. The molecule has 0 atom stereocenters. The highest BCUT2D eigenvalue weighted by molar-refractivity contribution is 7.26. The molecule has 0 unspecified atom stereocenters. The van der Waals surface area contributed by atoms with Crippen LogP contribution in [-0.4, -0.2) is 0 Å². The highest BCUT2D eigenvalue weighted by atomic mass is 32.1. The first kappa shape index (κ1) is 27.9. The van der Waals surface area contributed by atoms with Gasteiger partial charge in [0.05, 0.1) is 5.69 Å². The van der Waals surface area contributed by atoms with Gasteiger partial charge in [-0.15, -0.1) is 11.3 Å². The number of anilines is 3. The van der Waals surface area contributed by atoms with E-state index in [0.717, 1.165) is 44.7 Å². The summed E-state index contributed by atoms with van der Waals surface area (Å²) in [5.41, 5.74) is 9.90. The Hall–Kier alpha value is -6.16. The third kappa shape index (κ3) is 4.62. The van der Waals surface area contributed by atoms with Crippen LogP contribution in [0.5, 0.6) is 0 Å². The molecule has 10 aromatic rings. The summed E-state index contributed by atoms with van der Waals surface area (Å²) < 4.78 is 9.10. The van der Waals surface area contributed by atoms with E-state index in [1.54, 1.807) is 0 Å². The molecule has 10 rings (SSSR count). The standard InChI is InChI=1S/C46H29NOS/c1-2-9-30(10-3-1)31-17-22-35(23-18-31)47(40-15-8-12-33-11-4-5-13-37(33)40)36-24-19-32(20-25-36)34-21-26-38-42(29-34)48-41-27-28-44-46(45(38)41)39-14-6-7-16-43(39)49-44/h1-29H. The number of hydrogen-bond donors (Lipinski definition) is 0. The van der Waals surface area contributed by atoms with Gasteiger partial charge in [-0.25, -0.2) is 0 Å². The Labute approximate surface area is 287 Å². The molecule has 0 saturated carbocycles. The second kappa shape index (κ2) is 11.2. The lowest BCUT2D eigenvalue weighted by Crippen LogP contribution is -2.10. The number of benzene rings is 8. The van der Waals surface area contributed by atoms with Crippen molar-refractivity contribution in [2.75, 3.05) is 4.90 Å². The molecule has 0 aliphatic rings. The largest absolute Gasteiger partial charge is 0.456 e. The van der Waals surface area contributed by atoms with E-state index in [1.807, 2.05) is 11.3 Å². The van der Waals surface area contributed by atoms with Crippen molar-refractivity contribution >= 4 is 81.3 Å². The monoisotopic (exact) mass is 643 g/mol. The molecular formula is C46H29NOS. The topological polar surface area (TPSA) is 16.4 Å². The minimum atomic E-state index is 0.912. The van der Waals surface area contributed by atoms with Gasteiger partial charge in [-0.2, -0.15) is 0 Å². The van der Waals surface area contributed by atoms with Gasteiger partial charge >= 0.3 is 0 Å². The summed E-state index contributed by atoms with van der Waals surface area (Å²) in [6.45, 7) is 0. The molecule has 0 radical (unpaired) electrons. The molecule has 2 nitrogen and oxygen atoms in total. The maximum atomic E-state index is 6.50. The molecule has 0 aliphatic carbocycles. The fourth-order valence-corrected chi connectivity index (χ4v) is 8.44. The fraction of sp³-hybridized carbons (Fsp3) is 0. The van der Waals surface area contributed by atoms with E-state index in [2.05, 4.69) is 181 Å². The quantitative estimate of drug-likeness (QED) is 0.186. The van der Waals surface area contributed by atoms with Crippen molar-refractivity contribution in [1.82, 2.24) is 0 Å². The molecule has 3 heteroatoms. The van der Waals surface area contributed by atoms with E-state index >= 15 is 0 Å². The molecule has 2 aromatic heterocycles. The number of hydrogen-bond acceptors (Lipinski definition) is 3. The van der Waals surface area contributed by atoms with Gasteiger partial charge < -0.3 is 9.32 Å². The van der Waals surface area contributed by atoms with Crippen LogP contribution < -0.4 is 4.90 Å². The molecule has 0 bridgehead atoms. The lowest BCUT2D eigenvalue weighted by atomic mass is 10.0. The minimum absolute atomic E-state index is 0.912. The third-order valence-corrected chi connectivity index (χ3v) is 10.8. The van der Waals surface area contributed by atoms with Crippen molar-refractivity contribution in [2.24, 2.45) is 0 Å². The molecule has 8 aromatic carbocycles. The molecular weight excluding hydrogens is 615 g/mol. The fourth-order valence-electron chi connectivity index (χ4n) is 7.33. The van der Waals surface area contributed by atoms with Crippen LogP contribution >= 0.6 is 11.3 Å². The van der Waals surface area contributed by atoms with Gasteiger partial charge in [-0.1, -0.05) is 115 Å². The molecule has 0 fully saturated rings. The average molecular weight is 644 g/mol. The maximum Gasteiger partial charge on any atom is 0.136 e. The molecule has 49 heavy (non-hydrogen) atoms. The Morgan fingerprint density at radius 2 is 1.02 bits per heavy atom. The first-order chi connectivity index (χ1) is 24.3. The van der Waals surface area contributed by atoms with Gasteiger partial charge in [0, 0.05) is 47.7 Å². The summed E-state index contributed by atoms with van der Waals surface area (Å²) in [4.78, 5) is 2.36. The van der Waals surface area contributed by atoms with E-state index in [4.69, 9.17) is 4.42 Å². The zero-order chi connectivity index (χ0) is 32.3. The summed E-state index contributed by atoms with van der Waals surface area (Å²) in [6.07, 6.45) is 0. The van der Waals surface area contributed by atoms with Gasteiger partial charge in [0.15, 0.2) is 0 Å². The van der Waals surface area contributed by atoms with Crippen LogP contribution in [0.25, 0.3) is 75.1 Å². The number of nitrogens with zero attached hydrogens (tertiary/aromatic N) is 1. The molecule has 0 amide bonds. The van der Waals surface area contributed by atoms with Gasteiger partial charge in [-0.05, 0) is 88.3 Å². The van der Waals surface area contributed by atoms with Crippen molar-refractivity contribution in [3.63, 3.8) is 0 Å². The Kier molecular flexibility index (Phi) is 6.39. The van der Waals surface area contributed by atoms with Crippen LogP contribution in [0.15, 0.2) is 180 Å². The number of rotatable bonds is 5. The maximum absolute atomic E-state index is 6.50. The lowest BCUT2D eigenvalue weighted by Gasteiger charge is -2.27. The SMILES string of the molecule is c1ccc(-c2ccc(N(c3ccc(-c4ccc5c(c4)oc4ccc6sc7ccccc7c6c45)cc3)c3cccc4ccccc34)cc2)cc1. The lowest BCUT2D eigenvalue weighted by molar-refractivity contribution is 0.669. The number of fused-ring (bicyclic) bond motifs is 8. The Morgan fingerprint density at radius 1 is 0.388 bits per heavy atom. The summed E-state index contributed by atoms with van der Waals surface area (Å²) in [5, 5.41) is 7.38. The van der Waals surface area contributed by atoms with Crippen molar-refractivity contribution in [1.29, 1.82) is 0 Å². The van der Waals surface area contributed by atoms with Gasteiger partial charge in [0.1, 0.15) is 11.2 Å². The highest BCUT2D eigenvalue weighted by Gasteiger charge is 2.18. The van der Waals surface area contributed by atoms with Crippen LogP contribution in [0.3, 0.4) is 0 Å². The Morgan fingerprint density at radius 3 is 1.82 bits per heavy atom. The van der Waals surface area contributed by atoms with E-state index < -0.39 is 0 Å². The zero-order valence-electron chi connectivity index (χ0n) is 26.5. The van der Waals surface area contributed by atoms with E-state index in [-0.39, 0.29) is 0 Å². The highest BCUT2D eigenvalue weighted by Crippen LogP contribution is 2.44. The Bertz CT molecular complexity index is 2800. The predicted molar refractivity (Wildman–Crippen MR) is 210 cm³/mol. The van der Waals surface area contributed by atoms with Gasteiger partial charge in [0.2, 0.25) is 0 Å². The average Bonchev–Trinajstić information content (AvgIpc) is 3.74. The molecule has 0 N–H and O–H groups in total. The summed E-state index contributed by atoms with van der Waals surface area (Å²) >= 11 is 1.84. The van der Waals surface area contributed by atoms with Crippen molar-refractivity contribution < 1.29 is 4.42 Å². The normalized spacial score (nSPS) is 11.7. The van der Waals surface area contributed by atoms with Crippen molar-refractivity contribution in [3.05, 3.63) is 176 Å². The van der Waals surface area contributed by atoms with Crippen LogP contribution in [0, 0.1) is 0 Å². The van der Waals surface area contributed by atoms with Crippen LogP contribution in [0.2, 0.25) is 0 Å². The third-order valence-electron chi connectivity index (χ3n) is 9.68. The molecule has 0 aliphatic heterocycles. The minimum Gasteiger partial charge on any atom is -0.456 e. The zero-order valence-corrected chi connectivity index (χ0v) is 27.3. The van der Waals surface area contributed by atoms with Crippen LogP contribution in [0.1, 0.15) is 0 Å². The van der Waals surface area contributed by atoms with Crippen molar-refractivity contribution in [3.8, 4) is 22.3 Å². The first-order valence-electron chi connectivity index (χ1n) is 16.6. The second-order valence-electron chi connectivity index (χ2n) is 12.5. The number of thiophene rings is 1. The van der Waals surface area contributed by atoms with E-state index in [0.29, 0.717) is 0 Å². The second-order valence-corrected chi connectivity index (χ2v) is 13.6. The van der Waals surface area contributed by atoms with Crippen LogP contribution in [0.4, 0.5) is 17.1 Å². The van der Waals surface area contributed by atoms with Gasteiger partial charge in [0.25, 0.3) is 0 Å². The smallest absolute Gasteiger partial charge is 0.136 e. The molecule has 0 saturated heterocycles. The molecule has 2 heterocycles. The first-order valence-corrected chi connectivity index (χ1v) is 17.4. The van der Waals surface area contributed by atoms with Crippen molar-refractivity contribution in [2.45, 2.75) is 0 Å². The summed E-state index contributed by atoms with van der Waals surface area (Å²) in [5.74, 6) is 0.